The molecule has 0 radical (unpaired) electrons. The highest BCUT2D eigenvalue weighted by Crippen LogP contribution is 2.47. The van der Waals surface area contributed by atoms with Crippen LogP contribution in [-0.4, -0.2) is 40.9 Å². The second kappa shape index (κ2) is 12.8. The summed E-state index contributed by atoms with van der Waals surface area (Å²) in [6, 6.07) is 35.4. The van der Waals surface area contributed by atoms with E-state index in [4.69, 9.17) is 15.2 Å². The molecule has 0 spiro atoms. The topological polar surface area (TPSA) is 88.2 Å². The average molecular weight is 539 g/mol. The Balaban J connectivity index is 1.51. The molecule has 208 valence electrons. The molecule has 0 bridgehead atoms. The zero-order valence-electron chi connectivity index (χ0n) is 23.0. The first-order valence-corrected chi connectivity index (χ1v) is 13.8. The Morgan fingerprint density at radius 3 is 2.10 bits per heavy atom. The van der Waals surface area contributed by atoms with Crippen molar-refractivity contribution in [3.05, 3.63) is 137 Å². The summed E-state index contributed by atoms with van der Waals surface area (Å²) in [5.74, 6) is -0.123. The Morgan fingerprint density at radius 1 is 0.800 bits per heavy atom. The van der Waals surface area contributed by atoms with Gasteiger partial charge < -0.3 is 25.4 Å². The predicted octanol–water partition coefficient (Wildman–Crippen LogP) is 5.75. The van der Waals surface area contributed by atoms with E-state index in [1.54, 1.807) is 0 Å². The summed E-state index contributed by atoms with van der Waals surface area (Å²) in [6.07, 6.45) is -1.85. The summed E-state index contributed by atoms with van der Waals surface area (Å²) in [5.41, 5.74) is 11.5. The van der Waals surface area contributed by atoms with Gasteiger partial charge in [0, 0.05) is 29.8 Å². The molecule has 1 unspecified atom stereocenters. The van der Waals surface area contributed by atoms with Gasteiger partial charge in [-0.3, -0.25) is 4.90 Å². The van der Waals surface area contributed by atoms with Crippen molar-refractivity contribution in [2.75, 3.05) is 19.3 Å². The molecule has 1 aliphatic rings. The van der Waals surface area contributed by atoms with E-state index in [1.807, 2.05) is 111 Å². The van der Waals surface area contributed by atoms with Crippen LogP contribution in [-0.2, 0) is 16.1 Å². The lowest BCUT2D eigenvalue weighted by Crippen LogP contribution is -2.46. The van der Waals surface area contributed by atoms with Crippen LogP contribution < -0.4 is 5.73 Å². The van der Waals surface area contributed by atoms with E-state index in [-0.39, 0.29) is 30.8 Å². The maximum Gasteiger partial charge on any atom is 0.185 e. The van der Waals surface area contributed by atoms with Crippen LogP contribution in [0, 0.1) is 0 Å². The molecule has 5 rings (SSSR count). The number of aliphatic hydroxyl groups is 2. The normalized spacial score (nSPS) is 22.6. The number of benzene rings is 4. The highest BCUT2D eigenvalue weighted by Gasteiger charge is 2.43. The molecular formula is C34H38N2O4. The zero-order valence-corrected chi connectivity index (χ0v) is 23.0. The van der Waals surface area contributed by atoms with Crippen molar-refractivity contribution in [2.24, 2.45) is 0 Å². The van der Waals surface area contributed by atoms with Crippen molar-refractivity contribution >= 4 is 5.69 Å². The number of anilines is 1. The molecule has 4 N–H and O–H groups in total. The van der Waals surface area contributed by atoms with Crippen LogP contribution in [0.15, 0.2) is 109 Å². The third-order valence-electron chi connectivity index (χ3n) is 7.91. The standard InChI is InChI=1S/C34H38N2O4/c1-23(32(38)26-12-7-4-8-13-26)36(2)21-30-31(25-10-5-3-6-11-25)33(27-18-16-24(22-37)17-19-27)40-34(39-30)28-14-9-15-29(35)20-28/h3-20,23,30-34,37-38H,21-22,35H2,1-2H3/t23-,30+,31+,32-,33-,34?/m0/s1. The molecule has 1 fully saturated rings. The fourth-order valence-corrected chi connectivity index (χ4v) is 5.49. The molecule has 4 aromatic carbocycles. The summed E-state index contributed by atoms with van der Waals surface area (Å²) >= 11 is 0. The molecule has 40 heavy (non-hydrogen) atoms. The first-order chi connectivity index (χ1) is 19.4. The fraction of sp³-hybridized carbons (Fsp3) is 0.294. The van der Waals surface area contributed by atoms with E-state index in [2.05, 4.69) is 17.0 Å². The van der Waals surface area contributed by atoms with Gasteiger partial charge in [0.05, 0.1) is 24.9 Å². The lowest BCUT2D eigenvalue weighted by Gasteiger charge is -2.45. The van der Waals surface area contributed by atoms with E-state index in [0.717, 1.165) is 27.8 Å². The highest BCUT2D eigenvalue weighted by atomic mass is 16.7. The number of nitrogen functional groups attached to an aromatic ring is 1. The molecule has 0 aromatic heterocycles. The number of nitrogens with zero attached hydrogens (tertiary/aromatic N) is 1. The largest absolute Gasteiger partial charge is 0.399 e. The molecule has 0 aliphatic carbocycles. The maximum absolute atomic E-state index is 11.2. The van der Waals surface area contributed by atoms with Crippen molar-refractivity contribution in [2.45, 2.75) is 50.1 Å². The summed E-state index contributed by atoms with van der Waals surface area (Å²) < 4.78 is 13.5. The van der Waals surface area contributed by atoms with E-state index >= 15 is 0 Å². The Kier molecular flexibility index (Phi) is 8.94. The average Bonchev–Trinajstić information content (AvgIpc) is 3.00. The van der Waals surface area contributed by atoms with Gasteiger partial charge in [-0.05, 0) is 48.4 Å². The van der Waals surface area contributed by atoms with Gasteiger partial charge in [-0.15, -0.1) is 0 Å². The van der Waals surface area contributed by atoms with Crippen molar-refractivity contribution in [1.29, 1.82) is 0 Å². The Labute approximate surface area is 236 Å². The van der Waals surface area contributed by atoms with Gasteiger partial charge in [-0.1, -0.05) is 97.1 Å². The molecule has 0 saturated carbocycles. The first kappa shape index (κ1) is 28.0. The molecule has 0 amide bonds. The lowest BCUT2D eigenvalue weighted by atomic mass is 9.83. The Morgan fingerprint density at radius 2 is 1.45 bits per heavy atom. The summed E-state index contributed by atoms with van der Waals surface area (Å²) in [6.45, 7) is 2.59. The SMILES string of the molecule is C[C@@H]([C@H](O)c1ccccc1)N(C)C[C@H]1OC(c2cccc(N)c2)O[C@@H](c2ccc(CO)cc2)[C@@H]1c1ccccc1. The Hall–Kier alpha value is -3.52. The van der Waals surface area contributed by atoms with E-state index in [0.29, 0.717) is 12.2 Å². The number of hydrogen-bond donors (Lipinski definition) is 3. The molecule has 6 nitrogen and oxygen atoms in total. The van der Waals surface area contributed by atoms with Crippen LogP contribution in [0.4, 0.5) is 5.69 Å². The van der Waals surface area contributed by atoms with Gasteiger partial charge in [-0.2, -0.15) is 0 Å². The minimum atomic E-state index is -0.646. The highest BCUT2D eigenvalue weighted by molar-refractivity contribution is 5.41. The fourth-order valence-electron chi connectivity index (χ4n) is 5.49. The smallest absolute Gasteiger partial charge is 0.185 e. The van der Waals surface area contributed by atoms with Gasteiger partial charge in [0.25, 0.3) is 0 Å². The van der Waals surface area contributed by atoms with Gasteiger partial charge in [0.15, 0.2) is 6.29 Å². The van der Waals surface area contributed by atoms with Gasteiger partial charge in [0.1, 0.15) is 0 Å². The molecule has 6 atom stereocenters. The van der Waals surface area contributed by atoms with Crippen molar-refractivity contribution in [1.82, 2.24) is 4.90 Å². The quantitative estimate of drug-likeness (QED) is 0.235. The van der Waals surface area contributed by atoms with Crippen molar-refractivity contribution in [3.63, 3.8) is 0 Å². The minimum Gasteiger partial charge on any atom is -0.399 e. The number of aliphatic hydroxyl groups excluding tert-OH is 2. The van der Waals surface area contributed by atoms with E-state index in [9.17, 15) is 10.2 Å². The number of hydrogen-bond acceptors (Lipinski definition) is 6. The number of ether oxygens (including phenoxy) is 2. The minimum absolute atomic E-state index is 0.0159. The molecule has 1 heterocycles. The van der Waals surface area contributed by atoms with Crippen molar-refractivity contribution in [3.8, 4) is 0 Å². The third-order valence-corrected chi connectivity index (χ3v) is 7.91. The molecule has 4 aromatic rings. The van der Waals surface area contributed by atoms with E-state index in [1.165, 1.54) is 0 Å². The van der Waals surface area contributed by atoms with Crippen LogP contribution >= 0.6 is 0 Å². The second-order valence-corrected chi connectivity index (χ2v) is 10.6. The van der Waals surface area contributed by atoms with Crippen LogP contribution in [0.1, 0.15) is 59.2 Å². The predicted molar refractivity (Wildman–Crippen MR) is 157 cm³/mol. The monoisotopic (exact) mass is 538 g/mol. The molecular weight excluding hydrogens is 500 g/mol. The maximum atomic E-state index is 11.2. The van der Waals surface area contributed by atoms with Crippen LogP contribution in [0.3, 0.4) is 0 Å². The third kappa shape index (κ3) is 6.28. The van der Waals surface area contributed by atoms with Crippen molar-refractivity contribution < 1.29 is 19.7 Å². The van der Waals surface area contributed by atoms with Crippen LogP contribution in [0.25, 0.3) is 0 Å². The molecule has 1 aliphatic heterocycles. The number of likely N-dealkylation sites (N-methyl/N-ethyl adjacent to an activating group) is 1. The van der Waals surface area contributed by atoms with Gasteiger partial charge in [0.2, 0.25) is 0 Å². The second-order valence-electron chi connectivity index (χ2n) is 10.6. The zero-order chi connectivity index (χ0) is 28.1. The van der Waals surface area contributed by atoms with E-state index < -0.39 is 12.4 Å². The Bertz CT molecular complexity index is 1350. The number of rotatable bonds is 9. The molecule has 6 heteroatoms. The summed E-state index contributed by atoms with van der Waals surface area (Å²) in [7, 11) is 2.03. The van der Waals surface area contributed by atoms with Gasteiger partial charge in [-0.25, -0.2) is 0 Å². The molecule has 1 saturated heterocycles. The first-order valence-electron chi connectivity index (χ1n) is 13.8. The van der Waals surface area contributed by atoms with Gasteiger partial charge >= 0.3 is 0 Å². The van der Waals surface area contributed by atoms with Crippen LogP contribution in [0.5, 0.6) is 0 Å². The summed E-state index contributed by atoms with van der Waals surface area (Å²) in [4.78, 5) is 2.16. The number of nitrogens with two attached hydrogens (primary N) is 1. The summed E-state index contributed by atoms with van der Waals surface area (Å²) in [5, 5.41) is 20.8. The lowest BCUT2D eigenvalue weighted by molar-refractivity contribution is -0.264. The van der Waals surface area contributed by atoms with Crippen LogP contribution in [0.2, 0.25) is 0 Å².